The maximum atomic E-state index is 10.5. The number of carboxylic acid groups (broad SMARTS) is 1. The SMILES string of the molecule is CN(C)CC1CCN(CC(=O)O)CC1. The number of aliphatic carboxylic acids is 1. The highest BCUT2D eigenvalue weighted by molar-refractivity contribution is 5.69. The summed E-state index contributed by atoms with van der Waals surface area (Å²) in [6.45, 7) is 3.20. The molecule has 1 fully saturated rings. The Morgan fingerprint density at radius 3 is 2.43 bits per heavy atom. The summed E-state index contributed by atoms with van der Waals surface area (Å²) in [6.07, 6.45) is 2.26. The fourth-order valence-corrected chi connectivity index (χ4v) is 2.03. The third-order valence-corrected chi connectivity index (χ3v) is 2.69. The first kappa shape index (κ1) is 11.5. The van der Waals surface area contributed by atoms with Gasteiger partial charge in [0, 0.05) is 6.54 Å². The first-order valence-electron chi connectivity index (χ1n) is 5.17. The molecule has 0 aliphatic carbocycles. The molecule has 1 N–H and O–H groups in total. The number of carbonyl (C=O) groups is 1. The molecule has 4 heteroatoms. The third-order valence-electron chi connectivity index (χ3n) is 2.69. The molecule has 0 aromatic heterocycles. The molecule has 1 aliphatic heterocycles. The Labute approximate surface area is 85.5 Å². The average molecular weight is 200 g/mol. The Hall–Kier alpha value is -0.610. The van der Waals surface area contributed by atoms with Crippen molar-refractivity contribution >= 4 is 5.97 Å². The van der Waals surface area contributed by atoms with Gasteiger partial charge in [-0.2, -0.15) is 0 Å². The van der Waals surface area contributed by atoms with Gasteiger partial charge in [-0.1, -0.05) is 0 Å². The van der Waals surface area contributed by atoms with E-state index >= 15 is 0 Å². The van der Waals surface area contributed by atoms with Gasteiger partial charge in [-0.15, -0.1) is 0 Å². The summed E-state index contributed by atoms with van der Waals surface area (Å²) >= 11 is 0. The Kier molecular flexibility index (Phi) is 4.35. The molecule has 0 amide bonds. The van der Waals surface area contributed by atoms with E-state index in [4.69, 9.17) is 5.11 Å². The average Bonchev–Trinajstić information content (AvgIpc) is 2.06. The van der Waals surface area contributed by atoms with Crippen LogP contribution in [0.1, 0.15) is 12.8 Å². The van der Waals surface area contributed by atoms with Crippen LogP contribution in [0.3, 0.4) is 0 Å². The molecular weight excluding hydrogens is 180 g/mol. The Morgan fingerprint density at radius 1 is 1.43 bits per heavy atom. The fraction of sp³-hybridized carbons (Fsp3) is 0.900. The summed E-state index contributed by atoms with van der Waals surface area (Å²) in [4.78, 5) is 14.7. The van der Waals surface area contributed by atoms with Crippen LogP contribution in [-0.2, 0) is 4.79 Å². The fourth-order valence-electron chi connectivity index (χ4n) is 2.03. The van der Waals surface area contributed by atoms with E-state index in [9.17, 15) is 4.79 Å². The van der Waals surface area contributed by atoms with E-state index in [1.165, 1.54) is 0 Å². The summed E-state index contributed by atoms with van der Waals surface area (Å²) in [5.74, 6) is 0.0334. The molecule has 0 radical (unpaired) electrons. The maximum Gasteiger partial charge on any atom is 0.317 e. The summed E-state index contributed by atoms with van der Waals surface area (Å²) in [6, 6.07) is 0. The molecule has 82 valence electrons. The smallest absolute Gasteiger partial charge is 0.317 e. The first-order chi connectivity index (χ1) is 6.58. The number of rotatable bonds is 4. The Bertz CT molecular complexity index is 187. The largest absolute Gasteiger partial charge is 0.480 e. The van der Waals surface area contributed by atoms with Crippen molar-refractivity contribution in [2.45, 2.75) is 12.8 Å². The van der Waals surface area contributed by atoms with Crippen molar-refractivity contribution in [3.63, 3.8) is 0 Å². The van der Waals surface area contributed by atoms with Crippen molar-refractivity contribution in [3.8, 4) is 0 Å². The third kappa shape index (κ3) is 4.07. The molecule has 0 atom stereocenters. The van der Waals surface area contributed by atoms with Crippen molar-refractivity contribution in [2.75, 3.05) is 40.3 Å². The van der Waals surface area contributed by atoms with Gasteiger partial charge in [-0.3, -0.25) is 9.69 Å². The van der Waals surface area contributed by atoms with E-state index in [0.717, 1.165) is 38.4 Å². The van der Waals surface area contributed by atoms with E-state index in [0.29, 0.717) is 0 Å². The van der Waals surface area contributed by atoms with Gasteiger partial charge in [0.15, 0.2) is 0 Å². The molecular formula is C10H20N2O2. The Morgan fingerprint density at radius 2 is 2.00 bits per heavy atom. The van der Waals surface area contributed by atoms with Crippen LogP contribution in [0.25, 0.3) is 0 Å². The molecule has 0 unspecified atom stereocenters. The van der Waals surface area contributed by atoms with Crippen molar-refractivity contribution in [3.05, 3.63) is 0 Å². The highest BCUT2D eigenvalue weighted by Gasteiger charge is 2.20. The molecule has 0 saturated carbocycles. The second-order valence-electron chi connectivity index (χ2n) is 4.38. The van der Waals surface area contributed by atoms with Crippen molar-refractivity contribution in [1.29, 1.82) is 0 Å². The van der Waals surface area contributed by atoms with Crippen LogP contribution in [0.4, 0.5) is 0 Å². The molecule has 1 rings (SSSR count). The van der Waals surface area contributed by atoms with Crippen molar-refractivity contribution in [2.24, 2.45) is 5.92 Å². The van der Waals surface area contributed by atoms with Gasteiger partial charge >= 0.3 is 5.97 Å². The summed E-state index contributed by atoms with van der Waals surface area (Å²) in [7, 11) is 4.17. The number of likely N-dealkylation sites (tertiary alicyclic amines) is 1. The molecule has 0 spiro atoms. The molecule has 1 heterocycles. The van der Waals surface area contributed by atoms with Gasteiger partial charge < -0.3 is 10.0 Å². The lowest BCUT2D eigenvalue weighted by Crippen LogP contribution is -2.39. The zero-order valence-electron chi connectivity index (χ0n) is 9.07. The monoisotopic (exact) mass is 200 g/mol. The number of carboxylic acids is 1. The van der Waals surface area contributed by atoms with Gasteiger partial charge in [0.2, 0.25) is 0 Å². The van der Waals surface area contributed by atoms with E-state index < -0.39 is 5.97 Å². The number of piperidine rings is 1. The quantitative estimate of drug-likeness (QED) is 0.711. The molecule has 1 saturated heterocycles. The number of hydrogen-bond donors (Lipinski definition) is 1. The van der Waals surface area contributed by atoms with Crippen LogP contribution in [0, 0.1) is 5.92 Å². The second-order valence-corrected chi connectivity index (χ2v) is 4.38. The van der Waals surface area contributed by atoms with Crippen molar-refractivity contribution < 1.29 is 9.90 Å². The molecule has 0 aromatic carbocycles. The minimum Gasteiger partial charge on any atom is -0.480 e. The number of nitrogens with zero attached hydrogens (tertiary/aromatic N) is 2. The van der Waals surface area contributed by atoms with Gasteiger partial charge in [0.25, 0.3) is 0 Å². The van der Waals surface area contributed by atoms with Gasteiger partial charge in [0.05, 0.1) is 6.54 Å². The Balaban J connectivity index is 2.21. The predicted octanol–water partition coefficient (Wildman–Crippen LogP) is 0.345. The molecule has 0 bridgehead atoms. The predicted molar refractivity (Wildman–Crippen MR) is 55.4 cm³/mol. The number of hydrogen-bond acceptors (Lipinski definition) is 3. The highest BCUT2D eigenvalue weighted by Crippen LogP contribution is 2.17. The zero-order chi connectivity index (χ0) is 10.6. The lowest BCUT2D eigenvalue weighted by Gasteiger charge is -2.32. The lowest BCUT2D eigenvalue weighted by atomic mass is 9.96. The zero-order valence-corrected chi connectivity index (χ0v) is 9.07. The van der Waals surface area contributed by atoms with Gasteiger partial charge in [0.1, 0.15) is 0 Å². The summed E-state index contributed by atoms with van der Waals surface area (Å²) in [5.41, 5.74) is 0. The molecule has 0 aromatic rings. The van der Waals surface area contributed by atoms with Gasteiger partial charge in [-0.05, 0) is 45.9 Å². The van der Waals surface area contributed by atoms with Crippen LogP contribution in [-0.4, -0.2) is 61.2 Å². The summed E-state index contributed by atoms with van der Waals surface area (Å²) in [5, 5.41) is 8.63. The van der Waals surface area contributed by atoms with Crippen LogP contribution in [0.5, 0.6) is 0 Å². The van der Waals surface area contributed by atoms with E-state index in [-0.39, 0.29) is 6.54 Å². The van der Waals surface area contributed by atoms with Gasteiger partial charge in [-0.25, -0.2) is 0 Å². The normalized spacial score (nSPS) is 20.2. The van der Waals surface area contributed by atoms with Crippen LogP contribution in [0.2, 0.25) is 0 Å². The molecule has 1 aliphatic rings. The minimum absolute atomic E-state index is 0.203. The van der Waals surface area contributed by atoms with E-state index in [1.54, 1.807) is 0 Å². The van der Waals surface area contributed by atoms with Crippen LogP contribution >= 0.6 is 0 Å². The standard InChI is InChI=1S/C10H20N2O2/c1-11(2)7-9-3-5-12(6-4-9)8-10(13)14/h9H,3-8H2,1-2H3,(H,13,14). The molecule has 14 heavy (non-hydrogen) atoms. The second kappa shape index (κ2) is 5.32. The maximum absolute atomic E-state index is 10.5. The van der Waals surface area contributed by atoms with E-state index in [1.807, 2.05) is 4.90 Å². The first-order valence-corrected chi connectivity index (χ1v) is 5.17. The minimum atomic E-state index is -0.712. The van der Waals surface area contributed by atoms with Crippen molar-refractivity contribution in [1.82, 2.24) is 9.80 Å². The van der Waals surface area contributed by atoms with Crippen LogP contribution in [0.15, 0.2) is 0 Å². The highest BCUT2D eigenvalue weighted by atomic mass is 16.4. The topological polar surface area (TPSA) is 43.8 Å². The lowest BCUT2D eigenvalue weighted by molar-refractivity contribution is -0.138. The summed E-state index contributed by atoms with van der Waals surface area (Å²) < 4.78 is 0. The molecule has 4 nitrogen and oxygen atoms in total. The van der Waals surface area contributed by atoms with E-state index in [2.05, 4.69) is 19.0 Å². The van der Waals surface area contributed by atoms with Crippen LogP contribution < -0.4 is 0 Å².